The van der Waals surface area contributed by atoms with E-state index in [0.29, 0.717) is 19.8 Å². The predicted octanol–water partition coefficient (Wildman–Crippen LogP) is 3.28. The van der Waals surface area contributed by atoms with Crippen LogP contribution in [0, 0.1) is 0 Å². The summed E-state index contributed by atoms with van der Waals surface area (Å²) >= 11 is 3.41. The molecule has 0 spiro atoms. The molecule has 1 rings (SSSR count). The molecule has 1 aromatic rings. The minimum Gasteiger partial charge on any atom is -0.379 e. The number of nitrogens with two attached hydrogens (primary N) is 1. The molecule has 18 heavy (non-hydrogen) atoms. The summed E-state index contributed by atoms with van der Waals surface area (Å²) in [5.74, 6) is 0. The molecule has 4 heteroatoms. The van der Waals surface area contributed by atoms with Gasteiger partial charge in [-0.05, 0) is 24.1 Å². The number of benzene rings is 1. The summed E-state index contributed by atoms with van der Waals surface area (Å²) in [6, 6.07) is 8.05. The second-order valence-electron chi connectivity index (χ2n) is 4.11. The lowest BCUT2D eigenvalue weighted by atomic mass is 10.1. The monoisotopic (exact) mass is 315 g/mol. The molecule has 3 nitrogen and oxygen atoms in total. The van der Waals surface area contributed by atoms with Crippen LogP contribution in [0.4, 0.5) is 0 Å². The van der Waals surface area contributed by atoms with E-state index in [2.05, 4.69) is 22.9 Å². The number of rotatable bonds is 9. The summed E-state index contributed by atoms with van der Waals surface area (Å²) in [6.45, 7) is 4.66. The number of halogens is 1. The fraction of sp³-hybridized carbons (Fsp3) is 0.571. The van der Waals surface area contributed by atoms with Crippen LogP contribution in [0.1, 0.15) is 31.4 Å². The second kappa shape index (κ2) is 9.50. The molecule has 0 fully saturated rings. The molecule has 0 saturated carbocycles. The first kappa shape index (κ1) is 15.6. The summed E-state index contributed by atoms with van der Waals surface area (Å²) in [5, 5.41) is 0. The molecule has 0 saturated heterocycles. The van der Waals surface area contributed by atoms with Crippen LogP contribution in [-0.4, -0.2) is 26.4 Å². The van der Waals surface area contributed by atoms with Gasteiger partial charge in [0, 0.05) is 17.6 Å². The molecule has 102 valence electrons. The van der Waals surface area contributed by atoms with Gasteiger partial charge in [0.2, 0.25) is 0 Å². The minimum atomic E-state index is -0.0483. The normalized spacial score (nSPS) is 12.6. The van der Waals surface area contributed by atoms with Crippen molar-refractivity contribution in [2.75, 3.05) is 26.4 Å². The van der Waals surface area contributed by atoms with Crippen LogP contribution in [0.3, 0.4) is 0 Å². The lowest BCUT2D eigenvalue weighted by molar-refractivity contribution is 0.00695. The third-order valence-corrected chi connectivity index (χ3v) is 3.17. The topological polar surface area (TPSA) is 44.5 Å². The van der Waals surface area contributed by atoms with Gasteiger partial charge in [-0.3, -0.25) is 0 Å². The Morgan fingerprint density at radius 3 is 2.50 bits per heavy atom. The predicted molar refractivity (Wildman–Crippen MR) is 77.6 cm³/mol. The summed E-state index contributed by atoms with van der Waals surface area (Å²) in [5.41, 5.74) is 6.83. The first-order chi connectivity index (χ1) is 8.77. The molecule has 1 aromatic carbocycles. The number of unbranched alkanes of at least 4 members (excludes halogenated alkanes) is 1. The van der Waals surface area contributed by atoms with Gasteiger partial charge in [-0.1, -0.05) is 41.4 Å². The summed E-state index contributed by atoms with van der Waals surface area (Å²) in [6.07, 6.45) is 2.21. The Hall–Kier alpha value is -0.420. The quantitative estimate of drug-likeness (QED) is 0.711. The fourth-order valence-electron chi connectivity index (χ4n) is 1.58. The van der Waals surface area contributed by atoms with Crippen molar-refractivity contribution in [2.45, 2.75) is 25.9 Å². The molecule has 0 aliphatic rings. The van der Waals surface area contributed by atoms with Gasteiger partial charge in [-0.25, -0.2) is 0 Å². The Kier molecular flexibility index (Phi) is 8.25. The first-order valence-corrected chi connectivity index (χ1v) is 7.22. The van der Waals surface area contributed by atoms with Crippen molar-refractivity contribution < 1.29 is 9.47 Å². The van der Waals surface area contributed by atoms with Gasteiger partial charge in [0.05, 0.1) is 19.3 Å². The van der Waals surface area contributed by atoms with E-state index in [4.69, 9.17) is 15.2 Å². The van der Waals surface area contributed by atoms with Crippen molar-refractivity contribution in [3.63, 3.8) is 0 Å². The molecule has 0 bridgehead atoms. The second-order valence-corrected chi connectivity index (χ2v) is 5.03. The van der Waals surface area contributed by atoms with Gasteiger partial charge < -0.3 is 15.2 Å². The largest absolute Gasteiger partial charge is 0.379 e. The fourth-order valence-corrected chi connectivity index (χ4v) is 1.84. The standard InChI is InChI=1S/C14H22BrNO2/c1-2-3-8-17-9-10-18-14(11-16)12-4-6-13(15)7-5-12/h4-7,14H,2-3,8-11,16H2,1H3. The van der Waals surface area contributed by atoms with Crippen LogP contribution in [-0.2, 0) is 9.47 Å². The van der Waals surface area contributed by atoms with E-state index >= 15 is 0 Å². The highest BCUT2D eigenvalue weighted by Crippen LogP contribution is 2.19. The Bertz CT molecular complexity index is 316. The molecule has 0 aromatic heterocycles. The van der Waals surface area contributed by atoms with Crippen LogP contribution in [0.5, 0.6) is 0 Å². The van der Waals surface area contributed by atoms with Crippen LogP contribution in [0.2, 0.25) is 0 Å². The smallest absolute Gasteiger partial charge is 0.0948 e. The molecular formula is C14H22BrNO2. The van der Waals surface area contributed by atoms with Crippen molar-refractivity contribution in [1.29, 1.82) is 0 Å². The maximum atomic E-state index is 5.73. The highest BCUT2D eigenvalue weighted by molar-refractivity contribution is 9.10. The Labute approximate surface area is 118 Å². The van der Waals surface area contributed by atoms with Crippen LogP contribution in [0.15, 0.2) is 28.7 Å². The Balaban J connectivity index is 2.27. The van der Waals surface area contributed by atoms with Gasteiger partial charge in [0.25, 0.3) is 0 Å². The van der Waals surface area contributed by atoms with E-state index in [1.165, 1.54) is 0 Å². The molecule has 0 aliphatic carbocycles. The zero-order valence-electron chi connectivity index (χ0n) is 10.9. The van der Waals surface area contributed by atoms with Gasteiger partial charge in [0.1, 0.15) is 0 Å². The summed E-state index contributed by atoms with van der Waals surface area (Å²) in [7, 11) is 0. The average molecular weight is 316 g/mol. The number of ether oxygens (including phenoxy) is 2. The number of hydrogen-bond acceptors (Lipinski definition) is 3. The maximum absolute atomic E-state index is 5.73. The van der Waals surface area contributed by atoms with Crippen molar-refractivity contribution in [3.8, 4) is 0 Å². The van der Waals surface area contributed by atoms with Crippen LogP contribution < -0.4 is 5.73 Å². The Morgan fingerprint density at radius 2 is 1.89 bits per heavy atom. The van der Waals surface area contributed by atoms with Crippen LogP contribution in [0.25, 0.3) is 0 Å². The molecule has 0 heterocycles. The van der Waals surface area contributed by atoms with Gasteiger partial charge in [-0.2, -0.15) is 0 Å². The lowest BCUT2D eigenvalue weighted by Gasteiger charge is -2.16. The van der Waals surface area contributed by atoms with E-state index < -0.39 is 0 Å². The summed E-state index contributed by atoms with van der Waals surface area (Å²) in [4.78, 5) is 0. The molecule has 0 amide bonds. The number of hydrogen-bond donors (Lipinski definition) is 1. The van der Waals surface area contributed by atoms with E-state index in [1.54, 1.807) is 0 Å². The van der Waals surface area contributed by atoms with Crippen molar-refractivity contribution in [3.05, 3.63) is 34.3 Å². The third kappa shape index (κ3) is 5.96. The third-order valence-electron chi connectivity index (χ3n) is 2.64. The molecular weight excluding hydrogens is 294 g/mol. The van der Waals surface area contributed by atoms with Crippen molar-refractivity contribution in [2.24, 2.45) is 5.73 Å². The zero-order chi connectivity index (χ0) is 13.2. The summed E-state index contributed by atoms with van der Waals surface area (Å²) < 4.78 is 12.2. The maximum Gasteiger partial charge on any atom is 0.0948 e. The van der Waals surface area contributed by atoms with Crippen molar-refractivity contribution in [1.82, 2.24) is 0 Å². The average Bonchev–Trinajstić information content (AvgIpc) is 2.39. The molecule has 0 radical (unpaired) electrons. The van der Waals surface area contributed by atoms with E-state index in [-0.39, 0.29) is 6.10 Å². The molecule has 2 N–H and O–H groups in total. The highest BCUT2D eigenvalue weighted by atomic mass is 79.9. The highest BCUT2D eigenvalue weighted by Gasteiger charge is 2.09. The zero-order valence-corrected chi connectivity index (χ0v) is 12.5. The van der Waals surface area contributed by atoms with Gasteiger partial charge in [-0.15, -0.1) is 0 Å². The van der Waals surface area contributed by atoms with Gasteiger partial charge in [0.15, 0.2) is 0 Å². The minimum absolute atomic E-state index is 0.0483. The van der Waals surface area contributed by atoms with E-state index in [9.17, 15) is 0 Å². The van der Waals surface area contributed by atoms with E-state index in [1.807, 2.05) is 24.3 Å². The van der Waals surface area contributed by atoms with Crippen molar-refractivity contribution >= 4 is 15.9 Å². The molecule has 0 aliphatic heterocycles. The van der Waals surface area contributed by atoms with Crippen LogP contribution >= 0.6 is 15.9 Å². The lowest BCUT2D eigenvalue weighted by Crippen LogP contribution is -2.18. The SMILES string of the molecule is CCCCOCCOC(CN)c1ccc(Br)cc1. The first-order valence-electron chi connectivity index (χ1n) is 6.42. The van der Waals surface area contributed by atoms with Gasteiger partial charge >= 0.3 is 0 Å². The molecule has 1 atom stereocenters. The Morgan fingerprint density at radius 1 is 1.17 bits per heavy atom. The van der Waals surface area contributed by atoms with E-state index in [0.717, 1.165) is 29.5 Å². The molecule has 1 unspecified atom stereocenters.